The molecule has 0 N–H and O–H groups in total. The molecule has 0 bridgehead atoms. The average Bonchev–Trinajstić information content (AvgIpc) is 3.01. The molecule has 0 aromatic heterocycles. The Morgan fingerprint density at radius 3 is 2.32 bits per heavy atom. The fourth-order valence-corrected chi connectivity index (χ4v) is 6.89. The van der Waals surface area contributed by atoms with E-state index >= 15 is 0 Å². The Morgan fingerprint density at radius 1 is 0.920 bits per heavy atom. The summed E-state index contributed by atoms with van der Waals surface area (Å²) >= 11 is 0. The van der Waals surface area contributed by atoms with E-state index in [0.29, 0.717) is 10.8 Å². The first-order valence-electron chi connectivity index (χ1n) is 11.5. The van der Waals surface area contributed by atoms with Gasteiger partial charge in [0.2, 0.25) is 0 Å². The lowest BCUT2D eigenvalue weighted by Crippen LogP contribution is -2.46. The van der Waals surface area contributed by atoms with E-state index in [1.54, 1.807) is 5.57 Å². The van der Waals surface area contributed by atoms with Gasteiger partial charge in [-0.05, 0) is 80.5 Å². The molecule has 0 aromatic rings. The van der Waals surface area contributed by atoms with E-state index in [-0.39, 0.29) is 0 Å². The van der Waals surface area contributed by atoms with Gasteiger partial charge >= 0.3 is 0 Å². The van der Waals surface area contributed by atoms with Crippen LogP contribution in [0.3, 0.4) is 0 Å². The molecule has 3 fully saturated rings. The van der Waals surface area contributed by atoms with E-state index in [4.69, 9.17) is 0 Å². The molecule has 3 saturated carbocycles. The van der Waals surface area contributed by atoms with Gasteiger partial charge in [0, 0.05) is 0 Å². The van der Waals surface area contributed by atoms with Gasteiger partial charge in [-0.15, -0.1) is 0 Å². The van der Waals surface area contributed by atoms with Crippen molar-refractivity contribution in [1.29, 1.82) is 0 Å². The molecule has 4 rings (SSSR count). The van der Waals surface area contributed by atoms with Crippen molar-refractivity contribution >= 4 is 0 Å². The van der Waals surface area contributed by atoms with Crippen LogP contribution < -0.4 is 0 Å². The molecule has 5 atom stereocenters. The van der Waals surface area contributed by atoms with Crippen LogP contribution in [0.1, 0.15) is 106 Å². The molecule has 0 nitrogen and oxygen atoms in total. The first-order chi connectivity index (χ1) is 12.1. The summed E-state index contributed by atoms with van der Waals surface area (Å²) in [5.41, 5.74) is 4.75. The molecule has 0 heterocycles. The quantitative estimate of drug-likeness (QED) is 0.387. The van der Waals surface area contributed by atoms with Crippen molar-refractivity contribution in [3.05, 3.63) is 23.3 Å². The first kappa shape index (κ1) is 20.8. The monoisotopic (exact) mass is 344 g/mol. The zero-order chi connectivity index (χ0) is 18.7. The fourth-order valence-electron chi connectivity index (χ4n) is 6.89. The van der Waals surface area contributed by atoms with Crippen molar-refractivity contribution in [3.63, 3.8) is 0 Å². The maximum atomic E-state index is 2.73. The third-order valence-electron chi connectivity index (χ3n) is 8.14. The van der Waals surface area contributed by atoms with E-state index < -0.39 is 0 Å². The van der Waals surface area contributed by atoms with Crippen LogP contribution in [0.15, 0.2) is 23.3 Å². The predicted octanol–water partition coefficient (Wildman–Crippen LogP) is 8.34. The Kier molecular flexibility index (Phi) is 7.02. The minimum absolute atomic E-state index is 0.501. The van der Waals surface area contributed by atoms with E-state index in [1.165, 1.54) is 57.8 Å². The van der Waals surface area contributed by atoms with Crippen LogP contribution in [0.2, 0.25) is 0 Å². The van der Waals surface area contributed by atoms with Gasteiger partial charge < -0.3 is 0 Å². The standard InChI is InChI=1S/C21H32.2C2H6/c1-4-15-9-11-18-17-10-8-16-7-5-6-13-20(16,2)19(17)12-14-21(15,18)3;2*1-2/h4,12,16-18H,5-11,13-14H2,1-3H3;2*1-2H3/b15-4-;;. The molecule has 144 valence electrons. The maximum absolute atomic E-state index is 2.73. The summed E-state index contributed by atoms with van der Waals surface area (Å²) in [4.78, 5) is 0. The molecule has 0 amide bonds. The Balaban J connectivity index is 0.000000528. The summed E-state index contributed by atoms with van der Waals surface area (Å²) in [5, 5.41) is 0. The van der Waals surface area contributed by atoms with Crippen LogP contribution in [0.4, 0.5) is 0 Å². The highest BCUT2D eigenvalue weighted by Crippen LogP contribution is 2.65. The normalized spacial score (nSPS) is 43.4. The van der Waals surface area contributed by atoms with E-state index in [1.807, 2.05) is 33.3 Å². The van der Waals surface area contributed by atoms with Crippen molar-refractivity contribution in [3.8, 4) is 0 Å². The molecule has 0 saturated heterocycles. The molecule has 0 aromatic carbocycles. The average molecular weight is 345 g/mol. The van der Waals surface area contributed by atoms with E-state index in [0.717, 1.165) is 17.8 Å². The molecule has 4 aliphatic carbocycles. The number of fused-ring (bicyclic) bond motifs is 5. The Bertz CT molecular complexity index is 496. The maximum Gasteiger partial charge on any atom is -0.00479 e. The third kappa shape index (κ3) is 3.28. The SMILES string of the molecule is C/C=C1/CCC2C3CCC4CCCCC4(C)C3=CCC12C.CC.CC. The first-order valence-corrected chi connectivity index (χ1v) is 11.5. The summed E-state index contributed by atoms with van der Waals surface area (Å²) in [6.07, 6.45) is 18.3. The van der Waals surface area contributed by atoms with Crippen molar-refractivity contribution in [1.82, 2.24) is 0 Å². The lowest BCUT2D eigenvalue weighted by molar-refractivity contribution is 0.0511. The van der Waals surface area contributed by atoms with Crippen LogP contribution in [-0.2, 0) is 0 Å². The van der Waals surface area contributed by atoms with Crippen molar-refractivity contribution in [2.45, 2.75) is 106 Å². The van der Waals surface area contributed by atoms with Gasteiger partial charge in [0.05, 0.1) is 0 Å². The Labute approximate surface area is 158 Å². The van der Waals surface area contributed by atoms with Gasteiger partial charge in [0.1, 0.15) is 0 Å². The summed E-state index contributed by atoms with van der Waals surface area (Å²) in [7, 11) is 0. The second kappa shape index (κ2) is 8.45. The summed E-state index contributed by atoms with van der Waals surface area (Å²) in [6.45, 7) is 15.5. The van der Waals surface area contributed by atoms with Gasteiger partial charge in [0.25, 0.3) is 0 Å². The van der Waals surface area contributed by atoms with Crippen LogP contribution >= 0.6 is 0 Å². The molecular formula is C25H44. The smallest absolute Gasteiger partial charge is 0.00479 e. The predicted molar refractivity (Wildman–Crippen MR) is 113 cm³/mol. The lowest BCUT2D eigenvalue weighted by atomic mass is 9.49. The zero-order valence-corrected chi connectivity index (χ0v) is 18.3. The van der Waals surface area contributed by atoms with Crippen LogP contribution in [0, 0.1) is 28.6 Å². The summed E-state index contributed by atoms with van der Waals surface area (Å²) in [6, 6.07) is 0. The fraction of sp³-hybridized carbons (Fsp3) is 0.840. The number of rotatable bonds is 0. The van der Waals surface area contributed by atoms with Crippen molar-refractivity contribution < 1.29 is 0 Å². The second-order valence-electron chi connectivity index (χ2n) is 8.78. The van der Waals surface area contributed by atoms with Crippen LogP contribution in [0.25, 0.3) is 0 Å². The molecule has 0 aliphatic heterocycles. The summed E-state index contributed by atoms with van der Waals surface area (Å²) < 4.78 is 0. The van der Waals surface area contributed by atoms with E-state index in [2.05, 4.69) is 32.9 Å². The number of hydrogen-bond donors (Lipinski definition) is 0. The molecule has 0 spiro atoms. The van der Waals surface area contributed by atoms with E-state index in [9.17, 15) is 0 Å². The summed E-state index contributed by atoms with van der Waals surface area (Å²) in [5.74, 6) is 2.87. The highest BCUT2D eigenvalue weighted by molar-refractivity contribution is 5.33. The molecule has 25 heavy (non-hydrogen) atoms. The van der Waals surface area contributed by atoms with Gasteiger partial charge in [-0.1, -0.05) is 77.7 Å². The molecule has 5 unspecified atom stereocenters. The molecular weight excluding hydrogens is 300 g/mol. The zero-order valence-electron chi connectivity index (χ0n) is 18.3. The van der Waals surface area contributed by atoms with Crippen LogP contribution in [0.5, 0.6) is 0 Å². The number of hydrogen-bond acceptors (Lipinski definition) is 0. The van der Waals surface area contributed by atoms with Crippen LogP contribution in [-0.4, -0.2) is 0 Å². The highest BCUT2D eigenvalue weighted by Gasteiger charge is 2.54. The highest BCUT2D eigenvalue weighted by atomic mass is 14.6. The second-order valence-corrected chi connectivity index (χ2v) is 8.78. The minimum Gasteiger partial charge on any atom is -0.0879 e. The lowest BCUT2D eigenvalue weighted by Gasteiger charge is -2.55. The van der Waals surface area contributed by atoms with Gasteiger partial charge in [-0.3, -0.25) is 0 Å². The minimum atomic E-state index is 0.501. The third-order valence-corrected chi connectivity index (χ3v) is 8.14. The molecule has 0 heteroatoms. The number of allylic oxidation sites excluding steroid dienone is 4. The largest absolute Gasteiger partial charge is 0.0879 e. The van der Waals surface area contributed by atoms with Crippen molar-refractivity contribution in [2.24, 2.45) is 28.6 Å². The Morgan fingerprint density at radius 2 is 1.64 bits per heavy atom. The molecule has 0 radical (unpaired) electrons. The molecule has 4 aliphatic rings. The Hall–Kier alpha value is -0.520. The topological polar surface area (TPSA) is 0 Å². The van der Waals surface area contributed by atoms with Gasteiger partial charge in [-0.25, -0.2) is 0 Å². The van der Waals surface area contributed by atoms with Gasteiger partial charge in [0.15, 0.2) is 0 Å². The van der Waals surface area contributed by atoms with Crippen molar-refractivity contribution in [2.75, 3.05) is 0 Å². The van der Waals surface area contributed by atoms with Gasteiger partial charge in [-0.2, -0.15) is 0 Å².